The number of pyridine rings is 1. The molecule has 0 bridgehead atoms. The predicted molar refractivity (Wildman–Crippen MR) is 162 cm³/mol. The summed E-state index contributed by atoms with van der Waals surface area (Å²) in [6.45, 7) is 3.13. The summed E-state index contributed by atoms with van der Waals surface area (Å²) >= 11 is 0. The maximum Gasteiger partial charge on any atom is 0.220 e. The molecule has 0 saturated heterocycles. The van der Waals surface area contributed by atoms with E-state index in [1.807, 2.05) is 67.6 Å². The first-order valence-corrected chi connectivity index (χ1v) is 13.9. The molecule has 0 aliphatic rings. The molecule has 41 heavy (non-hydrogen) atoms. The Hall–Kier alpha value is -4.78. The Labute approximate surface area is 240 Å². The van der Waals surface area contributed by atoms with Gasteiger partial charge in [-0.2, -0.15) is 0 Å². The Balaban J connectivity index is 1.34. The highest BCUT2D eigenvalue weighted by molar-refractivity contribution is 5.77. The Morgan fingerprint density at radius 1 is 0.829 bits per heavy atom. The van der Waals surface area contributed by atoms with Crippen LogP contribution >= 0.6 is 0 Å². The summed E-state index contributed by atoms with van der Waals surface area (Å²) in [5.74, 6) is 2.21. The van der Waals surface area contributed by atoms with Crippen LogP contribution in [0.3, 0.4) is 0 Å². The highest BCUT2D eigenvalue weighted by atomic mass is 16.5. The topological polar surface area (TPSA) is 74.1 Å². The van der Waals surface area contributed by atoms with E-state index in [0.717, 1.165) is 45.0 Å². The van der Waals surface area contributed by atoms with E-state index in [9.17, 15) is 4.79 Å². The molecule has 0 spiro atoms. The number of carbonyl (C=O) groups is 1. The molecular formula is C34H35N3O4. The minimum atomic E-state index is 0.00000787. The van der Waals surface area contributed by atoms with E-state index in [0.29, 0.717) is 43.9 Å². The van der Waals surface area contributed by atoms with Gasteiger partial charge in [-0.05, 0) is 72.9 Å². The van der Waals surface area contributed by atoms with Gasteiger partial charge in [0, 0.05) is 24.7 Å². The number of hydrogen-bond donors (Lipinski definition) is 1. The number of rotatable bonds is 12. The number of methoxy groups -OCH3 is 2. The van der Waals surface area contributed by atoms with Gasteiger partial charge in [-0.25, -0.2) is 4.98 Å². The van der Waals surface area contributed by atoms with Crippen molar-refractivity contribution in [2.45, 2.75) is 26.2 Å². The van der Waals surface area contributed by atoms with Crippen molar-refractivity contribution >= 4 is 11.6 Å². The van der Waals surface area contributed by atoms with Gasteiger partial charge in [0.15, 0.2) is 11.5 Å². The molecule has 0 atom stereocenters. The van der Waals surface area contributed by atoms with E-state index >= 15 is 0 Å². The molecule has 0 radical (unpaired) electrons. The molecule has 1 N–H and O–H groups in total. The van der Waals surface area contributed by atoms with Crippen LogP contribution in [0.15, 0.2) is 91.1 Å². The lowest BCUT2D eigenvalue weighted by molar-refractivity contribution is -0.121. The molecule has 0 saturated carbocycles. The molecular weight excluding hydrogens is 514 g/mol. The Morgan fingerprint density at radius 3 is 2.41 bits per heavy atom. The molecule has 3 aromatic carbocycles. The molecule has 0 aliphatic carbocycles. The Morgan fingerprint density at radius 2 is 1.63 bits per heavy atom. The second-order valence-corrected chi connectivity index (χ2v) is 9.67. The molecule has 5 aromatic rings. The van der Waals surface area contributed by atoms with E-state index in [4.69, 9.17) is 19.2 Å². The Kier molecular flexibility index (Phi) is 8.84. The van der Waals surface area contributed by atoms with Crippen molar-refractivity contribution in [3.63, 3.8) is 0 Å². The summed E-state index contributed by atoms with van der Waals surface area (Å²) in [4.78, 5) is 17.9. The smallest absolute Gasteiger partial charge is 0.220 e. The lowest BCUT2D eigenvalue weighted by Crippen LogP contribution is -2.26. The fraction of sp³-hybridized carbons (Fsp3) is 0.235. The number of fused-ring (bicyclic) bond motifs is 1. The first-order chi connectivity index (χ1) is 20.1. The number of ether oxygens (including phenoxy) is 3. The zero-order valence-electron chi connectivity index (χ0n) is 23.7. The number of imidazole rings is 1. The van der Waals surface area contributed by atoms with Crippen LogP contribution in [0.2, 0.25) is 0 Å². The maximum absolute atomic E-state index is 12.9. The highest BCUT2D eigenvalue weighted by Crippen LogP contribution is 2.30. The molecule has 0 unspecified atom stereocenters. The predicted octanol–water partition coefficient (Wildman–Crippen LogP) is 6.38. The second kappa shape index (κ2) is 13.0. The third kappa shape index (κ3) is 6.52. The molecule has 0 aliphatic heterocycles. The van der Waals surface area contributed by atoms with Crippen molar-refractivity contribution in [1.29, 1.82) is 0 Å². The second-order valence-electron chi connectivity index (χ2n) is 9.67. The van der Waals surface area contributed by atoms with Crippen LogP contribution in [-0.2, 0) is 17.6 Å². The number of nitrogens with one attached hydrogen (secondary N) is 1. The summed E-state index contributed by atoms with van der Waals surface area (Å²) in [6.07, 6.45) is 3.70. The van der Waals surface area contributed by atoms with Crippen molar-refractivity contribution in [2.75, 3.05) is 27.4 Å². The van der Waals surface area contributed by atoms with Crippen LogP contribution in [-0.4, -0.2) is 42.7 Å². The van der Waals surface area contributed by atoms with E-state index in [1.165, 1.54) is 0 Å². The van der Waals surface area contributed by atoms with Gasteiger partial charge in [0.1, 0.15) is 11.4 Å². The van der Waals surface area contributed by atoms with Gasteiger partial charge in [0.25, 0.3) is 0 Å². The first-order valence-electron chi connectivity index (χ1n) is 13.9. The minimum absolute atomic E-state index is 0.00000787. The van der Waals surface area contributed by atoms with Crippen molar-refractivity contribution in [2.24, 2.45) is 0 Å². The number of nitrogens with zero attached hydrogens (tertiary/aromatic N) is 2. The standard InChI is InChI=1S/C34H35N3O4/c1-4-41-28-12-8-11-26(22-28)27-14-17-32-36-34(25-9-6-5-7-10-25)29(37(32)23-27)15-18-33(38)35-20-19-24-13-16-30(39-2)31(21-24)40-3/h5-14,16-17,21-23H,4,15,18-20H2,1-3H3,(H,35,38). The highest BCUT2D eigenvalue weighted by Gasteiger charge is 2.16. The molecule has 7 heteroatoms. The van der Waals surface area contributed by atoms with Crippen LogP contribution in [0, 0.1) is 0 Å². The minimum Gasteiger partial charge on any atom is -0.494 e. The van der Waals surface area contributed by atoms with E-state index in [1.54, 1.807) is 14.2 Å². The molecule has 2 aromatic heterocycles. The average molecular weight is 550 g/mol. The van der Waals surface area contributed by atoms with Crippen LogP contribution in [0.4, 0.5) is 0 Å². The number of hydrogen-bond acceptors (Lipinski definition) is 5. The summed E-state index contributed by atoms with van der Waals surface area (Å²) in [5.41, 5.74) is 6.95. The molecule has 1 amide bonds. The lowest BCUT2D eigenvalue weighted by Gasteiger charge is -2.11. The van der Waals surface area contributed by atoms with Gasteiger partial charge in [-0.15, -0.1) is 0 Å². The van der Waals surface area contributed by atoms with Crippen molar-refractivity contribution in [3.05, 3.63) is 102 Å². The summed E-state index contributed by atoms with van der Waals surface area (Å²) in [5, 5.41) is 3.07. The van der Waals surface area contributed by atoms with Gasteiger partial charge in [0.2, 0.25) is 5.91 Å². The van der Waals surface area contributed by atoms with Crippen molar-refractivity contribution in [1.82, 2.24) is 14.7 Å². The largest absolute Gasteiger partial charge is 0.494 e. The van der Waals surface area contributed by atoms with Crippen molar-refractivity contribution < 1.29 is 19.0 Å². The molecule has 7 nitrogen and oxygen atoms in total. The maximum atomic E-state index is 12.9. The lowest BCUT2D eigenvalue weighted by atomic mass is 10.1. The van der Waals surface area contributed by atoms with Crippen LogP contribution < -0.4 is 19.5 Å². The Bertz CT molecular complexity index is 1630. The number of carbonyl (C=O) groups excluding carboxylic acids is 1. The van der Waals surface area contributed by atoms with Crippen molar-refractivity contribution in [3.8, 4) is 39.6 Å². The zero-order chi connectivity index (χ0) is 28.6. The fourth-order valence-electron chi connectivity index (χ4n) is 4.96. The SMILES string of the molecule is CCOc1cccc(-c2ccc3nc(-c4ccccc4)c(CCC(=O)NCCc4ccc(OC)c(OC)c4)n3c2)c1. The van der Waals surface area contributed by atoms with Crippen LogP contribution in [0.1, 0.15) is 24.6 Å². The summed E-state index contributed by atoms with van der Waals surface area (Å²) < 4.78 is 18.5. The van der Waals surface area contributed by atoms with Crippen LogP contribution in [0.25, 0.3) is 28.0 Å². The van der Waals surface area contributed by atoms with Gasteiger partial charge in [-0.1, -0.05) is 48.5 Å². The van der Waals surface area contributed by atoms with Crippen LogP contribution in [0.5, 0.6) is 17.2 Å². The molecule has 2 heterocycles. The number of amides is 1. The molecule has 210 valence electrons. The fourth-order valence-corrected chi connectivity index (χ4v) is 4.96. The zero-order valence-corrected chi connectivity index (χ0v) is 23.7. The van der Waals surface area contributed by atoms with Gasteiger partial charge < -0.3 is 23.9 Å². The van der Waals surface area contributed by atoms with Gasteiger partial charge in [0.05, 0.1) is 32.2 Å². The average Bonchev–Trinajstić information content (AvgIpc) is 3.38. The normalized spacial score (nSPS) is 10.9. The third-order valence-corrected chi connectivity index (χ3v) is 7.02. The molecule has 5 rings (SSSR count). The number of benzene rings is 3. The van der Waals surface area contributed by atoms with E-state index in [2.05, 4.69) is 40.2 Å². The van der Waals surface area contributed by atoms with Gasteiger partial charge >= 0.3 is 0 Å². The third-order valence-electron chi connectivity index (χ3n) is 7.02. The summed E-state index contributed by atoms with van der Waals surface area (Å²) in [7, 11) is 3.24. The molecule has 0 fully saturated rings. The monoisotopic (exact) mass is 549 g/mol. The number of aromatic nitrogens is 2. The number of aryl methyl sites for hydroxylation is 1. The van der Waals surface area contributed by atoms with E-state index < -0.39 is 0 Å². The van der Waals surface area contributed by atoms with E-state index in [-0.39, 0.29) is 5.91 Å². The summed E-state index contributed by atoms with van der Waals surface area (Å²) in [6, 6.07) is 28.1. The quantitative estimate of drug-likeness (QED) is 0.196. The first kappa shape index (κ1) is 27.8. The van der Waals surface area contributed by atoms with Gasteiger partial charge in [-0.3, -0.25) is 4.79 Å².